The quantitative estimate of drug-likeness (QED) is 0.574. The number of carbonyl (C=O) groups excluding carboxylic acids is 2. The van der Waals surface area contributed by atoms with Gasteiger partial charge in [-0.3, -0.25) is 9.59 Å². The summed E-state index contributed by atoms with van der Waals surface area (Å²) in [6.45, 7) is 10.9. The number of rotatable bonds is 4. The average Bonchev–Trinajstić information content (AvgIpc) is 2.84. The normalized spacial score (nSPS) is 40.6. The molecule has 4 aliphatic rings. The molecule has 146 valence electrons. The lowest BCUT2D eigenvalue weighted by Gasteiger charge is -2.51. The van der Waals surface area contributed by atoms with E-state index in [2.05, 4.69) is 17.2 Å². The molecular weight excluding hydrogens is 344 g/mol. The first-order chi connectivity index (χ1) is 12.0. The molecule has 9 heteroatoms. The van der Waals surface area contributed by atoms with Crippen LogP contribution in [0.4, 0.5) is 0 Å². The third-order valence-electron chi connectivity index (χ3n) is 4.99. The molecule has 2 amide bonds. The number of ether oxygens (including phenoxy) is 4. The first-order valence-electron chi connectivity index (χ1n) is 8.65. The van der Waals surface area contributed by atoms with Crippen molar-refractivity contribution in [3.8, 4) is 0 Å². The van der Waals surface area contributed by atoms with Gasteiger partial charge in [0.2, 0.25) is 5.72 Å². The van der Waals surface area contributed by atoms with Crippen molar-refractivity contribution in [3.63, 3.8) is 0 Å². The Bertz CT molecular complexity index is 651. The number of hydrogen-bond acceptors (Lipinski definition) is 7. The zero-order valence-corrected chi connectivity index (χ0v) is 15.5. The molecule has 4 aliphatic heterocycles. The predicted molar refractivity (Wildman–Crippen MR) is 88.6 cm³/mol. The van der Waals surface area contributed by atoms with Crippen LogP contribution in [-0.2, 0) is 28.5 Å². The van der Waals surface area contributed by atoms with Crippen LogP contribution in [-0.4, -0.2) is 65.7 Å². The molecule has 0 radical (unpaired) electrons. The van der Waals surface area contributed by atoms with Gasteiger partial charge in [-0.15, -0.1) is 0 Å². The number of amides is 2. The van der Waals surface area contributed by atoms with E-state index in [1.54, 1.807) is 27.7 Å². The molecule has 9 nitrogen and oxygen atoms in total. The smallest absolute Gasteiger partial charge is 0.280 e. The number of nitrogens with one attached hydrogen (secondary N) is 2. The molecule has 4 saturated heterocycles. The van der Waals surface area contributed by atoms with E-state index in [-0.39, 0.29) is 26.2 Å². The predicted octanol–water partition coefficient (Wildman–Crippen LogP) is -0.459. The fourth-order valence-electron chi connectivity index (χ4n) is 3.68. The van der Waals surface area contributed by atoms with Gasteiger partial charge in [-0.05, 0) is 39.7 Å². The van der Waals surface area contributed by atoms with E-state index in [1.807, 2.05) is 0 Å². The van der Waals surface area contributed by atoms with Crippen LogP contribution < -0.4 is 10.6 Å². The number of carbonyl (C=O) groups is 2. The average molecular weight is 370 g/mol. The van der Waals surface area contributed by atoms with Gasteiger partial charge in [0.05, 0.1) is 13.2 Å². The van der Waals surface area contributed by atoms with E-state index in [0.29, 0.717) is 5.57 Å². The Morgan fingerprint density at radius 2 is 1.92 bits per heavy atom. The summed E-state index contributed by atoms with van der Waals surface area (Å²) in [5, 5.41) is 16.1. The Labute approximate surface area is 152 Å². The summed E-state index contributed by atoms with van der Waals surface area (Å²) in [4.78, 5) is 25.9. The van der Waals surface area contributed by atoms with Crippen molar-refractivity contribution in [1.29, 1.82) is 0 Å². The van der Waals surface area contributed by atoms with Crippen molar-refractivity contribution in [2.24, 2.45) is 0 Å². The van der Waals surface area contributed by atoms with E-state index < -0.39 is 40.8 Å². The topological polar surface area (TPSA) is 115 Å². The minimum atomic E-state index is -2.02. The maximum atomic E-state index is 13.0. The van der Waals surface area contributed by atoms with Gasteiger partial charge >= 0.3 is 0 Å². The molecule has 0 saturated carbocycles. The molecule has 0 aromatic heterocycles. The standard InChI is InChI=1S/C17H26N2O7/c1-6-23-16-10(2)7-8-24-17(13(22)18-16,19-12(16)21)11(20)15(5)9-25-14(3,4)26-15/h11,20H,2,6-9H2,1,3-5H3,(H,18,22)(H,19,21)/t11-,15-,16+,17-/m0/s1. The van der Waals surface area contributed by atoms with Gasteiger partial charge in [0.25, 0.3) is 17.5 Å². The van der Waals surface area contributed by atoms with Crippen LogP contribution in [0, 0.1) is 0 Å². The van der Waals surface area contributed by atoms with E-state index >= 15 is 0 Å². The summed E-state index contributed by atoms with van der Waals surface area (Å²) in [6, 6.07) is 0. The molecule has 0 aliphatic carbocycles. The van der Waals surface area contributed by atoms with Crippen molar-refractivity contribution in [2.45, 2.75) is 63.1 Å². The Balaban J connectivity index is 1.98. The maximum Gasteiger partial charge on any atom is 0.280 e. The highest BCUT2D eigenvalue weighted by Crippen LogP contribution is 2.40. The molecular formula is C17H26N2O7. The highest BCUT2D eigenvalue weighted by atomic mass is 16.8. The summed E-state index contributed by atoms with van der Waals surface area (Å²) < 4.78 is 22.6. The number of aliphatic hydroxyl groups excluding tert-OH is 1. The number of piperazine rings is 1. The van der Waals surface area contributed by atoms with Gasteiger partial charge in [0.15, 0.2) is 5.79 Å². The van der Waals surface area contributed by atoms with Crippen LogP contribution >= 0.6 is 0 Å². The number of fused-ring (bicyclic) bond motifs is 5. The zero-order chi connectivity index (χ0) is 19.4. The summed E-state index contributed by atoms with van der Waals surface area (Å²) in [5.41, 5.74) is -4.58. The van der Waals surface area contributed by atoms with E-state index in [9.17, 15) is 14.7 Å². The highest BCUT2D eigenvalue weighted by molar-refractivity contribution is 6.03. The third kappa shape index (κ3) is 2.66. The fourth-order valence-corrected chi connectivity index (χ4v) is 3.68. The second-order valence-corrected chi connectivity index (χ2v) is 7.47. The second kappa shape index (κ2) is 6.00. The lowest BCUT2D eigenvalue weighted by molar-refractivity contribution is -0.242. The molecule has 2 bridgehead atoms. The van der Waals surface area contributed by atoms with Crippen molar-refractivity contribution in [2.75, 3.05) is 19.8 Å². The molecule has 26 heavy (non-hydrogen) atoms. The first-order valence-corrected chi connectivity index (χ1v) is 8.65. The molecule has 0 spiro atoms. The van der Waals surface area contributed by atoms with Gasteiger partial charge in [-0.1, -0.05) is 6.58 Å². The van der Waals surface area contributed by atoms with Crippen LogP contribution in [0.2, 0.25) is 0 Å². The Morgan fingerprint density at radius 3 is 2.50 bits per heavy atom. The van der Waals surface area contributed by atoms with Crippen molar-refractivity contribution < 1.29 is 33.6 Å². The Morgan fingerprint density at radius 1 is 1.23 bits per heavy atom. The molecule has 4 fully saturated rings. The lowest BCUT2D eigenvalue weighted by Crippen LogP contribution is -2.83. The van der Waals surface area contributed by atoms with E-state index in [0.717, 1.165) is 0 Å². The number of hydrogen-bond donors (Lipinski definition) is 3. The van der Waals surface area contributed by atoms with Crippen molar-refractivity contribution in [3.05, 3.63) is 12.2 Å². The van der Waals surface area contributed by atoms with Gasteiger partial charge in [0, 0.05) is 6.61 Å². The summed E-state index contributed by atoms with van der Waals surface area (Å²) >= 11 is 0. The van der Waals surface area contributed by atoms with Crippen LogP contribution in [0.15, 0.2) is 12.2 Å². The monoisotopic (exact) mass is 370 g/mol. The molecule has 4 rings (SSSR count). The molecule has 0 aromatic rings. The molecule has 0 aromatic carbocycles. The first kappa shape index (κ1) is 19.2. The molecule has 4 atom stereocenters. The Kier molecular flexibility index (Phi) is 4.44. The fraction of sp³-hybridized carbons (Fsp3) is 0.765. The van der Waals surface area contributed by atoms with Crippen molar-refractivity contribution >= 4 is 11.8 Å². The number of aliphatic hydroxyl groups is 1. The van der Waals surface area contributed by atoms with Gasteiger partial charge in [0.1, 0.15) is 11.7 Å². The van der Waals surface area contributed by atoms with Crippen LogP contribution in [0.25, 0.3) is 0 Å². The highest BCUT2D eigenvalue weighted by Gasteiger charge is 2.66. The largest absolute Gasteiger partial charge is 0.384 e. The molecule has 4 heterocycles. The SMILES string of the molecule is C=C1CCO[C@]2([C@@H](O)[C@]3(C)COC(C)(C)O3)NC(=O)[C@@]1(OCC)NC2=O. The summed E-state index contributed by atoms with van der Waals surface area (Å²) in [5.74, 6) is -2.31. The third-order valence-corrected chi connectivity index (χ3v) is 4.99. The van der Waals surface area contributed by atoms with Gasteiger partial charge in [-0.25, -0.2) is 0 Å². The molecule has 0 unspecified atom stereocenters. The lowest BCUT2D eigenvalue weighted by atomic mass is 9.85. The Hall–Kier alpha value is -1.52. The van der Waals surface area contributed by atoms with E-state index in [1.165, 1.54) is 0 Å². The summed E-state index contributed by atoms with van der Waals surface area (Å²) in [6.07, 6.45) is -1.24. The minimum Gasteiger partial charge on any atom is -0.384 e. The van der Waals surface area contributed by atoms with Crippen molar-refractivity contribution in [1.82, 2.24) is 10.6 Å². The summed E-state index contributed by atoms with van der Waals surface area (Å²) in [7, 11) is 0. The van der Waals surface area contributed by atoms with Gasteiger partial charge in [-0.2, -0.15) is 0 Å². The molecule has 3 N–H and O–H groups in total. The minimum absolute atomic E-state index is 0.0265. The van der Waals surface area contributed by atoms with Crippen LogP contribution in [0.5, 0.6) is 0 Å². The van der Waals surface area contributed by atoms with Crippen LogP contribution in [0.3, 0.4) is 0 Å². The van der Waals surface area contributed by atoms with E-state index in [4.69, 9.17) is 18.9 Å². The van der Waals surface area contributed by atoms with Gasteiger partial charge < -0.3 is 34.7 Å². The second-order valence-electron chi connectivity index (χ2n) is 7.47. The van der Waals surface area contributed by atoms with Crippen LogP contribution in [0.1, 0.15) is 34.1 Å². The maximum absolute atomic E-state index is 13.0. The zero-order valence-electron chi connectivity index (χ0n) is 15.5.